The molecule has 23 heavy (non-hydrogen) atoms. The van der Waals surface area contributed by atoms with Crippen LogP contribution >= 0.6 is 0 Å². The zero-order valence-electron chi connectivity index (χ0n) is 13.3. The molecule has 1 N–H and O–H groups in total. The number of carbonyl (C=O) groups is 1. The fourth-order valence-corrected chi connectivity index (χ4v) is 4.70. The van der Waals surface area contributed by atoms with E-state index < -0.39 is 9.84 Å². The van der Waals surface area contributed by atoms with Gasteiger partial charge >= 0.3 is 0 Å². The van der Waals surface area contributed by atoms with Crippen LogP contribution in [0.15, 0.2) is 18.2 Å². The first-order valence-corrected chi connectivity index (χ1v) is 9.50. The second kappa shape index (κ2) is 5.70. The number of rotatable bonds is 4. The smallest absolute Gasteiger partial charge is 0.258 e. The van der Waals surface area contributed by atoms with Gasteiger partial charge in [0.1, 0.15) is 5.60 Å². The van der Waals surface area contributed by atoms with Crippen molar-refractivity contribution in [3.63, 3.8) is 0 Å². The summed E-state index contributed by atoms with van der Waals surface area (Å²) in [7, 11) is -3.00. The molecule has 1 aromatic rings. The van der Waals surface area contributed by atoms with Crippen LogP contribution in [0.3, 0.4) is 0 Å². The summed E-state index contributed by atoms with van der Waals surface area (Å²) in [6.07, 6.45) is 1.26. The van der Waals surface area contributed by atoms with E-state index >= 15 is 0 Å². The van der Waals surface area contributed by atoms with Crippen molar-refractivity contribution in [1.82, 2.24) is 5.32 Å². The second-order valence-corrected chi connectivity index (χ2v) is 8.97. The van der Waals surface area contributed by atoms with Gasteiger partial charge in [-0.25, -0.2) is 8.42 Å². The van der Waals surface area contributed by atoms with Gasteiger partial charge in [-0.05, 0) is 26.3 Å². The van der Waals surface area contributed by atoms with Crippen LogP contribution in [0, 0.1) is 0 Å². The highest BCUT2D eigenvalue weighted by atomic mass is 32.2. The van der Waals surface area contributed by atoms with Gasteiger partial charge in [0.15, 0.2) is 27.9 Å². The summed E-state index contributed by atoms with van der Waals surface area (Å²) in [6, 6.07) is 5.32. The lowest BCUT2D eigenvalue weighted by Gasteiger charge is -2.18. The van der Waals surface area contributed by atoms with E-state index in [1.807, 2.05) is 26.0 Å². The van der Waals surface area contributed by atoms with E-state index in [2.05, 4.69) is 5.32 Å². The van der Waals surface area contributed by atoms with Gasteiger partial charge in [-0.3, -0.25) is 4.79 Å². The van der Waals surface area contributed by atoms with Crippen LogP contribution in [0.5, 0.6) is 11.5 Å². The molecule has 1 atom stereocenters. The summed E-state index contributed by atoms with van der Waals surface area (Å²) in [6.45, 7) is 3.85. The maximum Gasteiger partial charge on any atom is 0.258 e. The van der Waals surface area contributed by atoms with Crippen molar-refractivity contribution in [2.45, 2.75) is 38.3 Å². The highest BCUT2D eigenvalue weighted by Gasteiger charge is 2.32. The molecule has 7 heteroatoms. The van der Waals surface area contributed by atoms with Crippen molar-refractivity contribution in [2.24, 2.45) is 0 Å². The first-order chi connectivity index (χ1) is 10.7. The first kappa shape index (κ1) is 16.1. The molecule has 0 aromatic heterocycles. The van der Waals surface area contributed by atoms with Crippen LogP contribution in [0.1, 0.15) is 25.8 Å². The molecule has 1 aromatic carbocycles. The summed E-state index contributed by atoms with van der Waals surface area (Å²) >= 11 is 0. The highest BCUT2D eigenvalue weighted by Crippen LogP contribution is 2.41. The molecular weight excluding hydrogens is 318 g/mol. The lowest BCUT2D eigenvalue weighted by Crippen LogP contribution is -2.38. The third-order valence-corrected chi connectivity index (χ3v) is 5.78. The number of benzene rings is 1. The number of para-hydroxylation sites is 1. The van der Waals surface area contributed by atoms with Crippen molar-refractivity contribution in [3.05, 3.63) is 23.8 Å². The van der Waals surface area contributed by atoms with Gasteiger partial charge in [-0.1, -0.05) is 12.1 Å². The molecule has 0 bridgehead atoms. The van der Waals surface area contributed by atoms with E-state index in [9.17, 15) is 13.2 Å². The minimum atomic E-state index is -3.00. The van der Waals surface area contributed by atoms with Gasteiger partial charge in [0, 0.05) is 18.0 Å². The van der Waals surface area contributed by atoms with Gasteiger partial charge in [-0.2, -0.15) is 0 Å². The Morgan fingerprint density at radius 2 is 2.22 bits per heavy atom. The SMILES string of the molecule is CC1(C)Cc2cccc(OCC(=O)N[C@@H]3CCS(=O)(=O)C3)c2O1. The molecule has 1 saturated heterocycles. The summed E-state index contributed by atoms with van der Waals surface area (Å²) in [5, 5.41) is 2.70. The average Bonchev–Trinajstić information content (AvgIpc) is 2.93. The zero-order chi connectivity index (χ0) is 16.7. The minimum Gasteiger partial charge on any atom is -0.483 e. The van der Waals surface area contributed by atoms with Crippen molar-refractivity contribution in [2.75, 3.05) is 18.1 Å². The Morgan fingerprint density at radius 1 is 1.43 bits per heavy atom. The van der Waals surface area contributed by atoms with Gasteiger partial charge in [0.05, 0.1) is 11.5 Å². The number of hydrogen-bond donors (Lipinski definition) is 1. The number of sulfone groups is 1. The van der Waals surface area contributed by atoms with Crippen molar-refractivity contribution < 1.29 is 22.7 Å². The number of carbonyl (C=O) groups excluding carboxylic acids is 1. The number of fused-ring (bicyclic) bond motifs is 1. The highest BCUT2D eigenvalue weighted by molar-refractivity contribution is 7.91. The van der Waals surface area contributed by atoms with Gasteiger partial charge in [0.2, 0.25) is 0 Å². The molecule has 2 aliphatic rings. The zero-order valence-corrected chi connectivity index (χ0v) is 14.1. The Bertz CT molecular complexity index is 726. The molecule has 1 fully saturated rings. The maximum atomic E-state index is 11.9. The summed E-state index contributed by atoms with van der Waals surface area (Å²) in [5.74, 6) is 1.06. The molecule has 126 valence electrons. The molecule has 2 aliphatic heterocycles. The Morgan fingerprint density at radius 3 is 2.91 bits per heavy atom. The van der Waals surface area contributed by atoms with E-state index in [0.29, 0.717) is 17.9 Å². The molecule has 0 aliphatic carbocycles. The van der Waals surface area contributed by atoms with Crippen LogP contribution in [0.4, 0.5) is 0 Å². The fraction of sp³-hybridized carbons (Fsp3) is 0.562. The summed E-state index contributed by atoms with van der Waals surface area (Å²) < 4.78 is 34.2. The fourth-order valence-electron chi connectivity index (χ4n) is 3.02. The molecule has 2 heterocycles. The molecule has 3 rings (SSSR count). The normalized spacial score (nSPS) is 23.8. The Balaban J connectivity index is 1.58. The lowest BCUT2D eigenvalue weighted by atomic mass is 10.0. The number of hydrogen-bond acceptors (Lipinski definition) is 5. The van der Waals surface area contributed by atoms with Crippen LogP contribution in [0.2, 0.25) is 0 Å². The summed E-state index contributed by atoms with van der Waals surface area (Å²) in [5.41, 5.74) is 0.789. The predicted molar refractivity (Wildman–Crippen MR) is 85.5 cm³/mol. The van der Waals surface area contributed by atoms with E-state index in [-0.39, 0.29) is 35.7 Å². The molecular formula is C16H21NO5S. The average molecular weight is 339 g/mol. The van der Waals surface area contributed by atoms with Crippen LogP contribution in [-0.4, -0.2) is 44.1 Å². The van der Waals surface area contributed by atoms with E-state index in [1.165, 1.54) is 0 Å². The molecule has 0 radical (unpaired) electrons. The van der Waals surface area contributed by atoms with Gasteiger partial charge in [-0.15, -0.1) is 0 Å². The van der Waals surface area contributed by atoms with Gasteiger partial charge in [0.25, 0.3) is 5.91 Å². The van der Waals surface area contributed by atoms with Gasteiger partial charge < -0.3 is 14.8 Å². The van der Waals surface area contributed by atoms with E-state index in [4.69, 9.17) is 9.47 Å². The lowest BCUT2D eigenvalue weighted by molar-refractivity contribution is -0.123. The first-order valence-electron chi connectivity index (χ1n) is 7.68. The number of nitrogens with one attached hydrogen (secondary N) is 1. The molecule has 6 nitrogen and oxygen atoms in total. The quantitative estimate of drug-likeness (QED) is 0.888. The monoisotopic (exact) mass is 339 g/mol. The Hall–Kier alpha value is -1.76. The van der Waals surface area contributed by atoms with Crippen molar-refractivity contribution in [1.29, 1.82) is 0 Å². The maximum absolute atomic E-state index is 11.9. The minimum absolute atomic E-state index is 0.0107. The van der Waals surface area contributed by atoms with E-state index in [1.54, 1.807) is 6.07 Å². The molecule has 1 amide bonds. The van der Waals surface area contributed by atoms with Crippen LogP contribution < -0.4 is 14.8 Å². The van der Waals surface area contributed by atoms with Crippen LogP contribution in [0.25, 0.3) is 0 Å². The van der Waals surface area contributed by atoms with Crippen molar-refractivity contribution in [3.8, 4) is 11.5 Å². The standard InChI is InChI=1S/C16H21NO5S/c1-16(2)8-11-4-3-5-13(15(11)22-16)21-9-14(18)17-12-6-7-23(19,20)10-12/h3-5,12H,6-10H2,1-2H3,(H,17,18)/t12-/m1/s1. The third kappa shape index (κ3) is 3.77. The summed E-state index contributed by atoms with van der Waals surface area (Å²) in [4.78, 5) is 11.9. The second-order valence-electron chi connectivity index (χ2n) is 6.74. The number of amides is 1. The predicted octanol–water partition coefficient (Wildman–Crippen LogP) is 1.08. The Kier molecular flexibility index (Phi) is 4.00. The molecule has 0 saturated carbocycles. The largest absolute Gasteiger partial charge is 0.483 e. The Labute approximate surface area is 136 Å². The third-order valence-electron chi connectivity index (χ3n) is 4.01. The van der Waals surface area contributed by atoms with Crippen LogP contribution in [-0.2, 0) is 21.1 Å². The van der Waals surface area contributed by atoms with Crippen molar-refractivity contribution >= 4 is 15.7 Å². The topological polar surface area (TPSA) is 81.7 Å². The molecule has 0 spiro atoms. The number of ether oxygens (including phenoxy) is 2. The van der Waals surface area contributed by atoms with E-state index in [0.717, 1.165) is 12.0 Å². The molecule has 0 unspecified atom stereocenters.